The van der Waals surface area contributed by atoms with Crippen molar-refractivity contribution in [3.05, 3.63) is 32.7 Å². The van der Waals surface area contributed by atoms with Gasteiger partial charge in [0.1, 0.15) is 11.0 Å². The molecule has 3 nitrogen and oxygen atoms in total. The molecule has 84 valence electrons. The molecule has 0 spiro atoms. The van der Waals surface area contributed by atoms with E-state index < -0.39 is 0 Å². The zero-order valence-electron chi connectivity index (χ0n) is 9.01. The molecule has 2 heterocycles. The molecular formula is C11H13N3S2. The Hall–Kier alpha value is -0.780. The van der Waals surface area contributed by atoms with Crippen molar-refractivity contribution in [1.29, 1.82) is 0 Å². The van der Waals surface area contributed by atoms with Crippen LogP contribution in [-0.4, -0.2) is 16.0 Å². The summed E-state index contributed by atoms with van der Waals surface area (Å²) < 4.78 is 0. The van der Waals surface area contributed by atoms with Crippen LogP contribution in [0.1, 0.15) is 35.3 Å². The Morgan fingerprint density at radius 1 is 1.44 bits per heavy atom. The minimum atomic E-state index is 0.192. The van der Waals surface area contributed by atoms with E-state index in [1.165, 1.54) is 12.8 Å². The summed E-state index contributed by atoms with van der Waals surface area (Å²) in [5, 5.41) is 8.96. The predicted molar refractivity (Wildman–Crippen MR) is 67.0 cm³/mol. The van der Waals surface area contributed by atoms with Crippen molar-refractivity contribution in [2.45, 2.75) is 31.8 Å². The number of hydrogen-bond donors (Lipinski definition) is 1. The van der Waals surface area contributed by atoms with Crippen LogP contribution < -0.4 is 5.32 Å². The third-order valence-electron chi connectivity index (χ3n) is 2.61. The molecule has 1 unspecified atom stereocenters. The summed E-state index contributed by atoms with van der Waals surface area (Å²) in [7, 11) is 0. The van der Waals surface area contributed by atoms with Crippen LogP contribution in [0.15, 0.2) is 16.3 Å². The Labute approximate surface area is 103 Å². The molecule has 5 heteroatoms. The van der Waals surface area contributed by atoms with Crippen molar-refractivity contribution in [1.82, 2.24) is 15.3 Å². The quantitative estimate of drug-likeness (QED) is 0.908. The monoisotopic (exact) mass is 251 g/mol. The van der Waals surface area contributed by atoms with Gasteiger partial charge in [-0.2, -0.15) is 0 Å². The second-order valence-corrected chi connectivity index (χ2v) is 5.72. The van der Waals surface area contributed by atoms with Gasteiger partial charge in [-0.3, -0.25) is 0 Å². The molecule has 1 N–H and O–H groups in total. The lowest BCUT2D eigenvalue weighted by Crippen LogP contribution is -2.24. The first kappa shape index (κ1) is 10.4. The van der Waals surface area contributed by atoms with E-state index in [2.05, 4.69) is 26.0 Å². The lowest BCUT2D eigenvalue weighted by Gasteiger charge is -2.13. The zero-order chi connectivity index (χ0) is 11.0. The summed E-state index contributed by atoms with van der Waals surface area (Å²) in [6.45, 7) is 2.04. The summed E-state index contributed by atoms with van der Waals surface area (Å²) in [6.07, 6.45) is 2.57. The summed E-state index contributed by atoms with van der Waals surface area (Å²) in [6, 6.07) is 0.855. The van der Waals surface area contributed by atoms with Gasteiger partial charge in [-0.25, -0.2) is 9.97 Å². The lowest BCUT2D eigenvalue weighted by molar-refractivity contribution is 0.587. The minimum absolute atomic E-state index is 0.192. The number of aryl methyl sites for hydroxylation is 1. The molecule has 3 rings (SSSR count). The molecule has 1 aliphatic rings. The Morgan fingerprint density at radius 2 is 2.31 bits per heavy atom. The highest BCUT2D eigenvalue weighted by molar-refractivity contribution is 7.09. The maximum absolute atomic E-state index is 4.57. The summed E-state index contributed by atoms with van der Waals surface area (Å²) in [4.78, 5) is 8.97. The Morgan fingerprint density at radius 3 is 2.88 bits per heavy atom. The maximum atomic E-state index is 4.57. The first-order valence-electron chi connectivity index (χ1n) is 5.39. The van der Waals surface area contributed by atoms with Crippen LogP contribution >= 0.6 is 22.7 Å². The average molecular weight is 251 g/mol. The van der Waals surface area contributed by atoms with Gasteiger partial charge in [0.15, 0.2) is 0 Å². The molecule has 0 aliphatic heterocycles. The van der Waals surface area contributed by atoms with Crippen LogP contribution in [0.5, 0.6) is 0 Å². The molecule has 1 fully saturated rings. The van der Waals surface area contributed by atoms with Crippen LogP contribution in [-0.2, 0) is 0 Å². The van der Waals surface area contributed by atoms with Gasteiger partial charge in [0.25, 0.3) is 0 Å². The largest absolute Gasteiger partial charge is 0.300 e. The number of aromatic nitrogens is 2. The zero-order valence-corrected chi connectivity index (χ0v) is 10.6. The molecule has 1 atom stereocenters. The van der Waals surface area contributed by atoms with Crippen molar-refractivity contribution in [3.63, 3.8) is 0 Å². The first-order chi connectivity index (χ1) is 7.83. The molecule has 16 heavy (non-hydrogen) atoms. The minimum Gasteiger partial charge on any atom is -0.300 e. The highest BCUT2D eigenvalue weighted by Gasteiger charge is 2.28. The van der Waals surface area contributed by atoms with Gasteiger partial charge in [-0.1, -0.05) is 0 Å². The second-order valence-electron chi connectivity index (χ2n) is 4.11. The van der Waals surface area contributed by atoms with Crippen molar-refractivity contribution in [3.8, 4) is 0 Å². The number of nitrogens with zero attached hydrogens (tertiary/aromatic N) is 2. The van der Waals surface area contributed by atoms with E-state index in [0.29, 0.717) is 6.04 Å². The van der Waals surface area contributed by atoms with Crippen LogP contribution in [0.3, 0.4) is 0 Å². The predicted octanol–water partition coefficient (Wildman–Crippen LogP) is 2.75. The molecule has 2 aromatic rings. The number of rotatable bonds is 4. The molecule has 1 saturated carbocycles. The fourth-order valence-electron chi connectivity index (χ4n) is 1.64. The number of nitrogens with one attached hydrogen (secondary N) is 1. The van der Waals surface area contributed by atoms with Gasteiger partial charge in [-0.15, -0.1) is 22.7 Å². The van der Waals surface area contributed by atoms with E-state index in [1.54, 1.807) is 22.7 Å². The van der Waals surface area contributed by atoms with Crippen molar-refractivity contribution >= 4 is 22.7 Å². The summed E-state index contributed by atoms with van der Waals surface area (Å²) in [5.74, 6) is 0. The van der Waals surface area contributed by atoms with Gasteiger partial charge >= 0.3 is 0 Å². The van der Waals surface area contributed by atoms with Crippen molar-refractivity contribution in [2.75, 3.05) is 0 Å². The number of hydrogen-bond acceptors (Lipinski definition) is 5. The van der Waals surface area contributed by atoms with E-state index in [-0.39, 0.29) is 6.04 Å². The Kier molecular flexibility index (Phi) is 2.75. The SMILES string of the molecule is Cc1csc(C(NC2CC2)c2cscn2)n1. The molecule has 0 radical (unpaired) electrons. The van der Waals surface area contributed by atoms with Crippen molar-refractivity contribution < 1.29 is 0 Å². The second kappa shape index (κ2) is 4.24. The van der Waals surface area contributed by atoms with Crippen LogP contribution in [0.2, 0.25) is 0 Å². The molecule has 0 aromatic carbocycles. The molecule has 0 saturated heterocycles. The molecular weight excluding hydrogens is 238 g/mol. The van der Waals surface area contributed by atoms with E-state index >= 15 is 0 Å². The molecule has 1 aliphatic carbocycles. The lowest BCUT2D eigenvalue weighted by atomic mass is 10.2. The Balaban J connectivity index is 1.88. The third kappa shape index (κ3) is 2.16. The summed E-state index contributed by atoms with van der Waals surface area (Å²) in [5.41, 5.74) is 4.08. The third-order valence-corrected chi connectivity index (χ3v) is 4.24. The van der Waals surface area contributed by atoms with Crippen LogP contribution in [0.4, 0.5) is 0 Å². The van der Waals surface area contributed by atoms with Gasteiger partial charge in [-0.05, 0) is 19.8 Å². The van der Waals surface area contributed by atoms with E-state index in [1.807, 2.05) is 12.4 Å². The van der Waals surface area contributed by atoms with Gasteiger partial charge in [0.2, 0.25) is 0 Å². The van der Waals surface area contributed by atoms with Gasteiger partial charge < -0.3 is 5.32 Å². The van der Waals surface area contributed by atoms with Gasteiger partial charge in [0, 0.05) is 22.5 Å². The summed E-state index contributed by atoms with van der Waals surface area (Å²) >= 11 is 3.36. The van der Waals surface area contributed by atoms with Gasteiger partial charge in [0.05, 0.1) is 11.2 Å². The Bertz CT molecular complexity index is 459. The van der Waals surface area contributed by atoms with E-state index in [0.717, 1.165) is 16.4 Å². The maximum Gasteiger partial charge on any atom is 0.116 e. The van der Waals surface area contributed by atoms with E-state index in [9.17, 15) is 0 Å². The van der Waals surface area contributed by atoms with Crippen LogP contribution in [0.25, 0.3) is 0 Å². The van der Waals surface area contributed by atoms with Crippen molar-refractivity contribution in [2.24, 2.45) is 0 Å². The fourth-order valence-corrected chi connectivity index (χ4v) is 3.08. The first-order valence-corrected chi connectivity index (χ1v) is 7.21. The fraction of sp³-hybridized carbons (Fsp3) is 0.455. The smallest absolute Gasteiger partial charge is 0.116 e. The topological polar surface area (TPSA) is 37.8 Å². The van der Waals surface area contributed by atoms with Crippen LogP contribution in [0, 0.1) is 6.92 Å². The molecule has 0 amide bonds. The average Bonchev–Trinajstić information content (AvgIpc) is 2.79. The normalized spacial score (nSPS) is 17.6. The molecule has 0 bridgehead atoms. The highest BCUT2D eigenvalue weighted by Crippen LogP contribution is 2.30. The standard InChI is InChI=1S/C11H13N3S2/c1-7-4-16-11(13-7)10(14-8-2-3-8)9-5-15-6-12-9/h4-6,8,10,14H,2-3H2,1H3. The molecule has 2 aromatic heterocycles. The highest BCUT2D eigenvalue weighted by atomic mass is 32.1. The number of thiazole rings is 2. The van der Waals surface area contributed by atoms with E-state index in [4.69, 9.17) is 0 Å².